The molecule has 0 amide bonds. The van der Waals surface area contributed by atoms with E-state index in [1.807, 2.05) is 13.0 Å². The lowest BCUT2D eigenvalue weighted by Gasteiger charge is -2.11. The van der Waals surface area contributed by atoms with Gasteiger partial charge in [0.05, 0.1) is 22.6 Å². The number of hydrogen-bond donors (Lipinski definition) is 0. The molecule has 0 aliphatic heterocycles. The summed E-state index contributed by atoms with van der Waals surface area (Å²) in [6, 6.07) is 12.0. The third-order valence-corrected chi connectivity index (χ3v) is 4.60. The molecule has 1 aromatic heterocycles. The standard InChI is InChI=1S/C20H17ClF3NO2/c1-2-13-6-5-7-14-15(19(26)20(22,23)24)12-25(18(13)14)10-11-27-17-9-4-3-8-16(17)21/h3-9,12H,2,10-11H2,1H3. The van der Waals surface area contributed by atoms with Crippen molar-refractivity contribution >= 4 is 28.3 Å². The maximum Gasteiger partial charge on any atom is 0.454 e. The van der Waals surface area contributed by atoms with Gasteiger partial charge in [0.1, 0.15) is 12.4 Å². The molecule has 3 rings (SSSR count). The first-order chi connectivity index (χ1) is 12.8. The summed E-state index contributed by atoms with van der Waals surface area (Å²) < 4.78 is 46.2. The number of alkyl halides is 3. The number of ketones is 1. The number of nitrogens with zero attached hydrogens (tertiary/aromatic N) is 1. The number of ether oxygens (including phenoxy) is 1. The Bertz CT molecular complexity index is 979. The van der Waals surface area contributed by atoms with Gasteiger partial charge in [-0.2, -0.15) is 13.2 Å². The van der Waals surface area contributed by atoms with Gasteiger partial charge in [0.25, 0.3) is 5.78 Å². The summed E-state index contributed by atoms with van der Waals surface area (Å²) in [6.07, 6.45) is -3.03. The summed E-state index contributed by atoms with van der Waals surface area (Å²) in [5.41, 5.74) is 1.15. The predicted octanol–water partition coefficient (Wildman–Crippen LogP) is 5.68. The van der Waals surface area contributed by atoms with Crippen LogP contribution in [0.5, 0.6) is 5.75 Å². The molecule has 3 nitrogen and oxygen atoms in total. The van der Waals surface area contributed by atoms with Gasteiger partial charge in [0, 0.05) is 11.6 Å². The Labute approximate surface area is 159 Å². The minimum absolute atomic E-state index is 0.200. The third kappa shape index (κ3) is 3.95. The fraction of sp³-hybridized carbons (Fsp3) is 0.250. The second kappa shape index (κ2) is 7.64. The van der Waals surface area contributed by atoms with Gasteiger partial charge in [-0.15, -0.1) is 0 Å². The first kappa shape index (κ1) is 19.3. The number of fused-ring (bicyclic) bond motifs is 1. The highest BCUT2D eigenvalue weighted by molar-refractivity contribution is 6.32. The Morgan fingerprint density at radius 3 is 2.56 bits per heavy atom. The van der Waals surface area contributed by atoms with Crippen molar-refractivity contribution in [3.05, 3.63) is 64.8 Å². The number of rotatable bonds is 6. The Hall–Kier alpha value is -2.47. The number of aromatic nitrogens is 1. The first-order valence-electron chi connectivity index (χ1n) is 8.42. The van der Waals surface area contributed by atoms with Crippen LogP contribution in [0.1, 0.15) is 22.8 Å². The van der Waals surface area contributed by atoms with Gasteiger partial charge in [-0.1, -0.05) is 48.9 Å². The summed E-state index contributed by atoms with van der Waals surface area (Å²) in [5.74, 6) is -1.34. The van der Waals surface area contributed by atoms with E-state index < -0.39 is 12.0 Å². The van der Waals surface area contributed by atoms with Crippen molar-refractivity contribution < 1.29 is 22.7 Å². The highest BCUT2D eigenvalue weighted by atomic mass is 35.5. The van der Waals surface area contributed by atoms with Crippen LogP contribution in [0.25, 0.3) is 10.9 Å². The van der Waals surface area contributed by atoms with E-state index >= 15 is 0 Å². The molecule has 7 heteroatoms. The normalized spacial score (nSPS) is 11.7. The monoisotopic (exact) mass is 395 g/mol. The van der Waals surface area contributed by atoms with E-state index in [1.165, 1.54) is 6.20 Å². The molecule has 0 bridgehead atoms. The van der Waals surface area contributed by atoms with Crippen LogP contribution < -0.4 is 4.74 Å². The fourth-order valence-electron chi connectivity index (χ4n) is 3.05. The molecule has 0 saturated carbocycles. The Balaban J connectivity index is 1.94. The van der Waals surface area contributed by atoms with Crippen LogP contribution in [0.4, 0.5) is 13.2 Å². The Morgan fingerprint density at radius 2 is 1.89 bits per heavy atom. The van der Waals surface area contributed by atoms with Crippen LogP contribution in [-0.2, 0) is 13.0 Å². The van der Waals surface area contributed by atoms with E-state index in [2.05, 4.69) is 0 Å². The summed E-state index contributed by atoms with van der Waals surface area (Å²) in [6.45, 7) is 2.40. The lowest BCUT2D eigenvalue weighted by atomic mass is 10.0. The van der Waals surface area contributed by atoms with Crippen molar-refractivity contribution in [2.24, 2.45) is 0 Å². The van der Waals surface area contributed by atoms with Gasteiger partial charge in [-0.05, 0) is 24.1 Å². The molecule has 2 aromatic carbocycles. The van der Waals surface area contributed by atoms with Crippen LogP contribution in [0.3, 0.4) is 0 Å². The van der Waals surface area contributed by atoms with Crippen molar-refractivity contribution in [1.29, 1.82) is 0 Å². The number of para-hydroxylation sites is 2. The molecule has 0 spiro atoms. The summed E-state index contributed by atoms with van der Waals surface area (Å²) in [4.78, 5) is 11.8. The van der Waals surface area contributed by atoms with Crippen LogP contribution in [0, 0.1) is 0 Å². The highest BCUT2D eigenvalue weighted by Crippen LogP contribution is 2.31. The zero-order valence-corrected chi connectivity index (χ0v) is 15.3. The van der Waals surface area contributed by atoms with Crippen LogP contribution in [0.15, 0.2) is 48.7 Å². The average molecular weight is 396 g/mol. The molecule has 0 unspecified atom stereocenters. The number of aryl methyl sites for hydroxylation is 1. The van der Waals surface area contributed by atoms with Gasteiger partial charge >= 0.3 is 6.18 Å². The average Bonchev–Trinajstić information content (AvgIpc) is 3.00. The molecule has 0 N–H and O–H groups in total. The number of hydrogen-bond acceptors (Lipinski definition) is 2. The maximum absolute atomic E-state index is 13.0. The van der Waals surface area contributed by atoms with Crippen molar-refractivity contribution in [2.45, 2.75) is 26.1 Å². The molecule has 0 aliphatic rings. The molecule has 0 fully saturated rings. The molecule has 142 valence electrons. The van der Waals surface area contributed by atoms with Crippen LogP contribution in [0.2, 0.25) is 5.02 Å². The van der Waals surface area contributed by atoms with E-state index in [0.29, 0.717) is 28.1 Å². The van der Waals surface area contributed by atoms with Crippen molar-refractivity contribution in [3.63, 3.8) is 0 Å². The van der Waals surface area contributed by atoms with E-state index in [4.69, 9.17) is 16.3 Å². The third-order valence-electron chi connectivity index (χ3n) is 4.29. The zero-order valence-electron chi connectivity index (χ0n) is 14.5. The summed E-state index contributed by atoms with van der Waals surface area (Å²) >= 11 is 6.04. The Morgan fingerprint density at radius 1 is 1.15 bits per heavy atom. The number of carbonyl (C=O) groups excluding carboxylic acids is 1. The molecular weight excluding hydrogens is 379 g/mol. The summed E-state index contributed by atoms with van der Waals surface area (Å²) in [7, 11) is 0. The molecular formula is C20H17ClF3NO2. The largest absolute Gasteiger partial charge is 0.490 e. The molecule has 1 heterocycles. The highest BCUT2D eigenvalue weighted by Gasteiger charge is 2.41. The van der Waals surface area contributed by atoms with Crippen LogP contribution >= 0.6 is 11.6 Å². The second-order valence-corrected chi connectivity index (χ2v) is 6.42. The first-order valence-corrected chi connectivity index (χ1v) is 8.80. The lowest BCUT2D eigenvalue weighted by molar-refractivity contribution is -0.0884. The van der Waals surface area contributed by atoms with E-state index in [-0.39, 0.29) is 18.7 Å². The minimum Gasteiger partial charge on any atom is -0.490 e. The van der Waals surface area contributed by atoms with Crippen molar-refractivity contribution in [1.82, 2.24) is 4.57 Å². The quantitative estimate of drug-likeness (QED) is 0.503. The number of halogens is 4. The number of Topliss-reactive ketones (excluding diaryl/α,β-unsaturated/α-hetero) is 1. The lowest BCUT2D eigenvalue weighted by Crippen LogP contribution is -2.22. The van der Waals surface area contributed by atoms with Crippen LogP contribution in [-0.4, -0.2) is 23.1 Å². The van der Waals surface area contributed by atoms with E-state index in [9.17, 15) is 18.0 Å². The molecule has 0 radical (unpaired) electrons. The fourth-order valence-corrected chi connectivity index (χ4v) is 3.24. The molecule has 0 aliphatic carbocycles. The SMILES string of the molecule is CCc1cccc2c(C(=O)C(F)(F)F)cn(CCOc3ccccc3Cl)c12. The van der Waals surface area contributed by atoms with Gasteiger partial charge in [-0.3, -0.25) is 4.79 Å². The Kier molecular flexibility index (Phi) is 5.46. The molecule has 27 heavy (non-hydrogen) atoms. The number of benzene rings is 2. The topological polar surface area (TPSA) is 31.2 Å². The molecule has 0 atom stereocenters. The minimum atomic E-state index is -4.92. The maximum atomic E-state index is 13.0. The van der Waals surface area contributed by atoms with Gasteiger partial charge in [0.2, 0.25) is 0 Å². The van der Waals surface area contributed by atoms with E-state index in [1.54, 1.807) is 41.0 Å². The zero-order chi connectivity index (χ0) is 19.6. The van der Waals surface area contributed by atoms with Crippen molar-refractivity contribution in [3.8, 4) is 5.75 Å². The molecule has 3 aromatic rings. The van der Waals surface area contributed by atoms with Gasteiger partial charge in [0.15, 0.2) is 0 Å². The smallest absolute Gasteiger partial charge is 0.454 e. The molecule has 0 saturated heterocycles. The van der Waals surface area contributed by atoms with Crippen molar-refractivity contribution in [2.75, 3.05) is 6.61 Å². The van der Waals surface area contributed by atoms with Gasteiger partial charge in [-0.25, -0.2) is 0 Å². The summed E-state index contributed by atoms with van der Waals surface area (Å²) in [5, 5.41) is 0.756. The van der Waals surface area contributed by atoms with Gasteiger partial charge < -0.3 is 9.30 Å². The van der Waals surface area contributed by atoms with E-state index in [0.717, 1.165) is 5.56 Å². The predicted molar refractivity (Wildman–Crippen MR) is 98.6 cm³/mol. The second-order valence-electron chi connectivity index (χ2n) is 6.01. The number of carbonyl (C=O) groups is 1.